The molecule has 0 atom stereocenters. The van der Waals surface area contributed by atoms with E-state index in [1.807, 2.05) is 6.92 Å². The van der Waals surface area contributed by atoms with Gasteiger partial charge in [-0.15, -0.1) is 0 Å². The molecule has 0 bridgehead atoms. The summed E-state index contributed by atoms with van der Waals surface area (Å²) in [5.41, 5.74) is 7.95. The van der Waals surface area contributed by atoms with Crippen LogP contribution in [0.1, 0.15) is 23.0 Å². The average molecular weight is 219 g/mol. The first-order chi connectivity index (χ1) is 7.61. The van der Waals surface area contributed by atoms with Gasteiger partial charge in [0.15, 0.2) is 0 Å². The minimum absolute atomic E-state index is 0.213. The lowest BCUT2D eigenvalue weighted by Crippen LogP contribution is -2.02. The molecule has 0 aliphatic rings. The van der Waals surface area contributed by atoms with Crippen molar-refractivity contribution in [1.29, 1.82) is 0 Å². The number of nitrogen functional groups attached to an aromatic ring is 1. The fourth-order valence-electron chi connectivity index (χ4n) is 1.66. The fourth-order valence-corrected chi connectivity index (χ4v) is 1.66. The van der Waals surface area contributed by atoms with Crippen LogP contribution in [0.4, 0.5) is 5.69 Å². The molecule has 84 valence electrons. The van der Waals surface area contributed by atoms with Crippen LogP contribution in [0.5, 0.6) is 0 Å². The number of nitrogens with two attached hydrogens (primary N) is 1. The first-order valence-electron chi connectivity index (χ1n) is 5.08. The fraction of sp³-hybridized carbons (Fsp3) is 0.250. The van der Waals surface area contributed by atoms with Gasteiger partial charge in [-0.1, -0.05) is 0 Å². The molecule has 1 aromatic carbocycles. The molecule has 0 aliphatic heterocycles. The van der Waals surface area contributed by atoms with E-state index in [4.69, 9.17) is 14.9 Å². The number of furan rings is 1. The Labute approximate surface area is 93.0 Å². The molecule has 1 heterocycles. The number of carbonyl (C=O) groups is 1. The Morgan fingerprint density at radius 1 is 1.44 bits per heavy atom. The molecular formula is C12H13NO3. The lowest BCUT2D eigenvalue weighted by molar-refractivity contribution is 0.0492. The number of rotatable bonds is 2. The van der Waals surface area contributed by atoms with Crippen LogP contribution in [-0.4, -0.2) is 12.6 Å². The molecule has 2 rings (SSSR count). The van der Waals surface area contributed by atoms with E-state index in [1.165, 1.54) is 0 Å². The van der Waals surface area contributed by atoms with Crippen molar-refractivity contribution in [3.8, 4) is 0 Å². The van der Waals surface area contributed by atoms with E-state index in [2.05, 4.69) is 0 Å². The SMILES string of the molecule is CCOC(=O)c1cc2cc(N)cc(C)c2o1. The summed E-state index contributed by atoms with van der Waals surface area (Å²) in [5.74, 6) is -0.234. The number of esters is 1. The lowest BCUT2D eigenvalue weighted by Gasteiger charge is -1.97. The highest BCUT2D eigenvalue weighted by Crippen LogP contribution is 2.25. The molecule has 2 aromatic rings. The molecule has 0 radical (unpaired) electrons. The second-order valence-electron chi connectivity index (χ2n) is 3.59. The second kappa shape index (κ2) is 3.89. The smallest absolute Gasteiger partial charge is 0.374 e. The van der Waals surface area contributed by atoms with Gasteiger partial charge >= 0.3 is 5.97 Å². The predicted molar refractivity (Wildman–Crippen MR) is 61.3 cm³/mol. The Hall–Kier alpha value is -1.97. The topological polar surface area (TPSA) is 65.5 Å². The number of aryl methyl sites for hydroxylation is 1. The Kier molecular flexibility index (Phi) is 2.56. The molecule has 0 saturated heterocycles. The normalized spacial score (nSPS) is 10.6. The summed E-state index contributed by atoms with van der Waals surface area (Å²) in [6.45, 7) is 3.97. The lowest BCUT2D eigenvalue weighted by atomic mass is 10.1. The number of benzene rings is 1. The highest BCUT2D eigenvalue weighted by atomic mass is 16.5. The second-order valence-corrected chi connectivity index (χ2v) is 3.59. The maximum absolute atomic E-state index is 11.5. The van der Waals surface area contributed by atoms with Gasteiger partial charge in [0.25, 0.3) is 0 Å². The zero-order chi connectivity index (χ0) is 11.7. The van der Waals surface area contributed by atoms with Gasteiger partial charge < -0.3 is 14.9 Å². The third kappa shape index (κ3) is 1.74. The Morgan fingerprint density at radius 2 is 2.19 bits per heavy atom. The number of ether oxygens (including phenoxy) is 1. The van der Waals surface area contributed by atoms with Crippen LogP contribution >= 0.6 is 0 Å². The van der Waals surface area contributed by atoms with Crippen LogP contribution in [0.15, 0.2) is 22.6 Å². The first kappa shape index (κ1) is 10.5. The largest absolute Gasteiger partial charge is 0.460 e. The van der Waals surface area contributed by atoms with Gasteiger partial charge in [-0.25, -0.2) is 4.79 Å². The predicted octanol–water partition coefficient (Wildman–Crippen LogP) is 2.50. The van der Waals surface area contributed by atoms with E-state index in [0.29, 0.717) is 17.9 Å². The molecule has 0 fully saturated rings. The van der Waals surface area contributed by atoms with Crippen LogP contribution in [0, 0.1) is 6.92 Å². The van der Waals surface area contributed by atoms with Crippen molar-refractivity contribution in [3.63, 3.8) is 0 Å². The Bertz CT molecular complexity index is 542. The van der Waals surface area contributed by atoms with Crippen molar-refractivity contribution in [3.05, 3.63) is 29.5 Å². The van der Waals surface area contributed by atoms with Gasteiger partial charge in [0.2, 0.25) is 5.76 Å². The number of carbonyl (C=O) groups excluding carboxylic acids is 1. The number of hydrogen-bond acceptors (Lipinski definition) is 4. The van der Waals surface area contributed by atoms with Crippen LogP contribution in [0.2, 0.25) is 0 Å². The maximum Gasteiger partial charge on any atom is 0.374 e. The highest BCUT2D eigenvalue weighted by Gasteiger charge is 2.14. The van der Waals surface area contributed by atoms with Gasteiger partial charge in [0.1, 0.15) is 5.58 Å². The average Bonchev–Trinajstić information content (AvgIpc) is 2.62. The Balaban J connectivity index is 2.51. The molecular weight excluding hydrogens is 206 g/mol. The minimum Gasteiger partial charge on any atom is -0.460 e. The summed E-state index contributed by atoms with van der Waals surface area (Å²) < 4.78 is 10.3. The molecule has 4 nitrogen and oxygen atoms in total. The van der Waals surface area contributed by atoms with E-state index in [9.17, 15) is 4.79 Å². The molecule has 16 heavy (non-hydrogen) atoms. The van der Waals surface area contributed by atoms with Crippen LogP contribution < -0.4 is 5.73 Å². The highest BCUT2D eigenvalue weighted by molar-refractivity contribution is 5.94. The van der Waals surface area contributed by atoms with Crippen LogP contribution in [-0.2, 0) is 4.74 Å². The quantitative estimate of drug-likeness (QED) is 0.622. The van der Waals surface area contributed by atoms with Gasteiger partial charge in [0.05, 0.1) is 6.61 Å². The van der Waals surface area contributed by atoms with Crippen molar-refractivity contribution in [2.45, 2.75) is 13.8 Å². The standard InChI is InChI=1S/C12H13NO3/c1-3-15-12(14)10-6-8-5-9(13)4-7(2)11(8)16-10/h4-6H,3,13H2,1-2H3. The number of anilines is 1. The molecule has 0 spiro atoms. The molecule has 0 saturated carbocycles. The Morgan fingerprint density at radius 3 is 2.88 bits per heavy atom. The minimum atomic E-state index is -0.448. The summed E-state index contributed by atoms with van der Waals surface area (Å²) in [6.07, 6.45) is 0. The molecule has 4 heteroatoms. The van der Waals surface area contributed by atoms with Crippen molar-refractivity contribution >= 4 is 22.6 Å². The van der Waals surface area contributed by atoms with Crippen molar-refractivity contribution in [2.75, 3.05) is 12.3 Å². The third-order valence-electron chi connectivity index (χ3n) is 2.30. The monoisotopic (exact) mass is 219 g/mol. The number of fused-ring (bicyclic) bond motifs is 1. The first-order valence-corrected chi connectivity index (χ1v) is 5.08. The summed E-state index contributed by atoms with van der Waals surface area (Å²) in [5, 5.41) is 0.820. The van der Waals surface area contributed by atoms with E-state index in [0.717, 1.165) is 10.9 Å². The summed E-state index contributed by atoms with van der Waals surface area (Å²) in [6, 6.07) is 5.23. The molecule has 0 unspecified atom stereocenters. The zero-order valence-corrected chi connectivity index (χ0v) is 9.24. The molecule has 0 aliphatic carbocycles. The molecule has 2 N–H and O–H groups in total. The molecule has 0 amide bonds. The van der Waals surface area contributed by atoms with Crippen molar-refractivity contribution in [1.82, 2.24) is 0 Å². The van der Waals surface area contributed by atoms with Crippen LogP contribution in [0.3, 0.4) is 0 Å². The number of hydrogen-bond donors (Lipinski definition) is 1. The van der Waals surface area contributed by atoms with E-state index in [1.54, 1.807) is 25.1 Å². The molecule has 1 aromatic heterocycles. The van der Waals surface area contributed by atoms with Crippen molar-refractivity contribution in [2.24, 2.45) is 0 Å². The van der Waals surface area contributed by atoms with Gasteiger partial charge in [-0.2, -0.15) is 0 Å². The summed E-state index contributed by atoms with van der Waals surface area (Å²) in [4.78, 5) is 11.5. The van der Waals surface area contributed by atoms with E-state index >= 15 is 0 Å². The zero-order valence-electron chi connectivity index (χ0n) is 9.24. The van der Waals surface area contributed by atoms with Crippen molar-refractivity contribution < 1.29 is 13.9 Å². The van der Waals surface area contributed by atoms with Gasteiger partial charge in [-0.05, 0) is 37.6 Å². The summed E-state index contributed by atoms with van der Waals surface area (Å²) in [7, 11) is 0. The van der Waals surface area contributed by atoms with Gasteiger partial charge in [0, 0.05) is 11.1 Å². The van der Waals surface area contributed by atoms with Crippen LogP contribution in [0.25, 0.3) is 11.0 Å². The van der Waals surface area contributed by atoms with E-state index in [-0.39, 0.29) is 5.76 Å². The van der Waals surface area contributed by atoms with E-state index < -0.39 is 5.97 Å². The summed E-state index contributed by atoms with van der Waals surface area (Å²) >= 11 is 0. The maximum atomic E-state index is 11.5. The van der Waals surface area contributed by atoms with Gasteiger partial charge in [-0.3, -0.25) is 0 Å². The third-order valence-corrected chi connectivity index (χ3v) is 2.30.